The number of carbonyl (C=O) groups is 2. The van der Waals surface area contributed by atoms with Crippen molar-refractivity contribution in [3.8, 4) is 17.1 Å². The Hall–Kier alpha value is -2.75. The monoisotopic (exact) mass is 451 g/mol. The van der Waals surface area contributed by atoms with Crippen LogP contribution < -0.4 is 15.6 Å². The Morgan fingerprint density at radius 3 is 2.55 bits per heavy atom. The number of hydrogen-bond donors (Lipinski definition) is 3. The molecule has 0 saturated carbocycles. The van der Waals surface area contributed by atoms with E-state index in [1.807, 2.05) is 0 Å². The minimum Gasteiger partial charge on any atom is -0.496 e. The molecule has 0 saturated heterocycles. The number of hydrazine groups is 1. The van der Waals surface area contributed by atoms with Gasteiger partial charge in [-0.05, 0) is 42.5 Å². The van der Waals surface area contributed by atoms with Gasteiger partial charge in [0.25, 0.3) is 5.91 Å². The number of amides is 2. The number of nitrogens with one attached hydrogen (secondary N) is 3. The van der Waals surface area contributed by atoms with E-state index in [-0.39, 0.29) is 5.75 Å². The van der Waals surface area contributed by atoms with Gasteiger partial charge in [-0.2, -0.15) is 0 Å². The van der Waals surface area contributed by atoms with Gasteiger partial charge < -0.3 is 4.74 Å². The average molecular weight is 452 g/mol. The SMILES string of the molecule is COc1ccc(Cl)cc1-c1nc(SCC(=O)NNC(=O)c2ccc(Cl)cc2)n[nH]1. The molecule has 2 amide bonds. The Morgan fingerprint density at radius 2 is 1.83 bits per heavy atom. The number of hydrogen-bond acceptors (Lipinski definition) is 6. The van der Waals surface area contributed by atoms with Crippen molar-refractivity contribution >= 4 is 46.8 Å². The molecule has 0 atom stereocenters. The summed E-state index contributed by atoms with van der Waals surface area (Å²) in [5, 5.41) is 8.27. The number of thioether (sulfide) groups is 1. The first-order valence-corrected chi connectivity index (χ1v) is 9.94. The van der Waals surface area contributed by atoms with Crippen LogP contribution >= 0.6 is 35.0 Å². The van der Waals surface area contributed by atoms with Crippen molar-refractivity contribution < 1.29 is 14.3 Å². The molecule has 2 aromatic carbocycles. The summed E-state index contributed by atoms with van der Waals surface area (Å²) >= 11 is 12.9. The lowest BCUT2D eigenvalue weighted by atomic mass is 10.2. The van der Waals surface area contributed by atoms with Gasteiger partial charge in [0.2, 0.25) is 11.1 Å². The number of aromatic amines is 1. The van der Waals surface area contributed by atoms with Crippen molar-refractivity contribution in [2.24, 2.45) is 0 Å². The van der Waals surface area contributed by atoms with Gasteiger partial charge in [-0.15, -0.1) is 5.10 Å². The van der Waals surface area contributed by atoms with Crippen molar-refractivity contribution in [3.05, 3.63) is 58.1 Å². The van der Waals surface area contributed by atoms with Crippen LogP contribution in [0.25, 0.3) is 11.4 Å². The molecule has 3 aromatic rings. The summed E-state index contributed by atoms with van der Waals surface area (Å²) in [7, 11) is 1.54. The van der Waals surface area contributed by atoms with E-state index in [2.05, 4.69) is 26.0 Å². The fourth-order valence-corrected chi connectivity index (χ4v) is 3.16. The molecule has 29 heavy (non-hydrogen) atoms. The maximum absolute atomic E-state index is 12.0. The molecule has 3 N–H and O–H groups in total. The molecule has 0 aliphatic rings. The van der Waals surface area contributed by atoms with Gasteiger partial charge in [-0.1, -0.05) is 35.0 Å². The summed E-state index contributed by atoms with van der Waals surface area (Å²) < 4.78 is 5.29. The summed E-state index contributed by atoms with van der Waals surface area (Å²) in [4.78, 5) is 28.2. The molecular formula is C18H15Cl2N5O3S. The van der Waals surface area contributed by atoms with Crippen LogP contribution in [0, 0.1) is 0 Å². The van der Waals surface area contributed by atoms with Crippen LogP contribution in [0.2, 0.25) is 10.0 Å². The molecule has 0 aliphatic heterocycles. The summed E-state index contributed by atoms with van der Waals surface area (Å²) in [6.45, 7) is 0. The van der Waals surface area contributed by atoms with Crippen LogP contribution in [0.5, 0.6) is 5.75 Å². The van der Waals surface area contributed by atoms with Gasteiger partial charge in [0.1, 0.15) is 5.75 Å². The molecule has 0 bridgehead atoms. The zero-order valence-corrected chi connectivity index (χ0v) is 17.4. The highest BCUT2D eigenvalue weighted by atomic mass is 35.5. The highest BCUT2D eigenvalue weighted by molar-refractivity contribution is 7.99. The van der Waals surface area contributed by atoms with Gasteiger partial charge in [0, 0.05) is 15.6 Å². The average Bonchev–Trinajstić information content (AvgIpc) is 3.20. The van der Waals surface area contributed by atoms with E-state index in [9.17, 15) is 9.59 Å². The zero-order chi connectivity index (χ0) is 20.8. The van der Waals surface area contributed by atoms with E-state index >= 15 is 0 Å². The summed E-state index contributed by atoms with van der Waals surface area (Å²) in [6, 6.07) is 11.4. The van der Waals surface area contributed by atoms with E-state index in [1.54, 1.807) is 49.6 Å². The first kappa shape index (κ1) is 21.0. The van der Waals surface area contributed by atoms with E-state index in [1.165, 1.54) is 0 Å². The lowest BCUT2D eigenvalue weighted by molar-refractivity contribution is -0.119. The predicted molar refractivity (Wildman–Crippen MR) is 111 cm³/mol. The Bertz CT molecular complexity index is 1030. The first-order valence-electron chi connectivity index (χ1n) is 8.20. The molecule has 3 rings (SSSR count). The quantitative estimate of drug-likeness (QED) is 0.391. The number of aromatic nitrogens is 3. The fraction of sp³-hybridized carbons (Fsp3) is 0.111. The van der Waals surface area contributed by atoms with Crippen LogP contribution in [0.4, 0.5) is 0 Å². The third kappa shape index (κ3) is 5.63. The van der Waals surface area contributed by atoms with E-state index < -0.39 is 11.8 Å². The summed E-state index contributed by atoms with van der Waals surface area (Å²) in [5.41, 5.74) is 5.69. The second-order valence-electron chi connectivity index (χ2n) is 5.61. The number of H-pyrrole nitrogens is 1. The van der Waals surface area contributed by atoms with Crippen molar-refractivity contribution in [2.45, 2.75) is 5.16 Å². The van der Waals surface area contributed by atoms with Gasteiger partial charge in [0.05, 0.1) is 18.4 Å². The minimum atomic E-state index is -0.451. The molecule has 0 unspecified atom stereocenters. The van der Waals surface area contributed by atoms with Crippen LogP contribution in [-0.2, 0) is 4.79 Å². The van der Waals surface area contributed by atoms with Crippen LogP contribution in [-0.4, -0.2) is 39.9 Å². The Morgan fingerprint density at radius 1 is 1.10 bits per heavy atom. The summed E-state index contributed by atoms with van der Waals surface area (Å²) in [6.07, 6.45) is 0. The minimum absolute atomic E-state index is 0.00483. The normalized spacial score (nSPS) is 10.4. The molecule has 0 spiro atoms. The maximum atomic E-state index is 12.0. The van der Waals surface area contributed by atoms with Crippen LogP contribution in [0.1, 0.15) is 10.4 Å². The highest BCUT2D eigenvalue weighted by Crippen LogP contribution is 2.31. The zero-order valence-electron chi connectivity index (χ0n) is 15.0. The smallest absolute Gasteiger partial charge is 0.269 e. The molecule has 0 radical (unpaired) electrons. The number of carbonyl (C=O) groups excluding carboxylic acids is 2. The number of ether oxygens (including phenoxy) is 1. The summed E-state index contributed by atoms with van der Waals surface area (Å²) in [5.74, 6) is 0.190. The topological polar surface area (TPSA) is 109 Å². The molecule has 0 aliphatic carbocycles. The van der Waals surface area contributed by atoms with Crippen molar-refractivity contribution in [1.82, 2.24) is 26.0 Å². The van der Waals surface area contributed by atoms with Crippen molar-refractivity contribution in [2.75, 3.05) is 12.9 Å². The molecule has 11 heteroatoms. The largest absolute Gasteiger partial charge is 0.496 e. The lowest BCUT2D eigenvalue weighted by Crippen LogP contribution is -2.42. The molecule has 0 fully saturated rings. The van der Waals surface area contributed by atoms with Gasteiger partial charge in [0.15, 0.2) is 5.82 Å². The molecule has 1 heterocycles. The van der Waals surface area contributed by atoms with Crippen LogP contribution in [0.15, 0.2) is 47.6 Å². The molecule has 1 aromatic heterocycles. The second kappa shape index (κ2) is 9.64. The van der Waals surface area contributed by atoms with E-state index in [0.29, 0.717) is 37.9 Å². The van der Waals surface area contributed by atoms with Crippen LogP contribution in [0.3, 0.4) is 0 Å². The number of methoxy groups -OCH3 is 1. The van der Waals surface area contributed by atoms with E-state index in [4.69, 9.17) is 27.9 Å². The number of nitrogens with zero attached hydrogens (tertiary/aromatic N) is 2. The molecule has 150 valence electrons. The fourth-order valence-electron chi connectivity index (χ4n) is 2.26. The second-order valence-corrected chi connectivity index (χ2v) is 7.42. The Balaban J connectivity index is 1.53. The molecular weight excluding hydrogens is 437 g/mol. The first-order chi connectivity index (χ1) is 14.0. The van der Waals surface area contributed by atoms with E-state index in [0.717, 1.165) is 11.8 Å². The number of rotatable bonds is 6. The number of halogens is 2. The Kier molecular flexibility index (Phi) is 6.97. The number of benzene rings is 2. The molecule has 8 nitrogen and oxygen atoms in total. The van der Waals surface area contributed by atoms with Gasteiger partial charge >= 0.3 is 0 Å². The van der Waals surface area contributed by atoms with Gasteiger partial charge in [-0.3, -0.25) is 25.5 Å². The lowest BCUT2D eigenvalue weighted by Gasteiger charge is -2.06. The van der Waals surface area contributed by atoms with Crippen molar-refractivity contribution in [3.63, 3.8) is 0 Å². The Labute approximate surface area is 180 Å². The predicted octanol–water partition coefficient (Wildman–Crippen LogP) is 3.34. The van der Waals surface area contributed by atoms with Crippen molar-refractivity contribution in [1.29, 1.82) is 0 Å². The maximum Gasteiger partial charge on any atom is 0.269 e. The standard InChI is InChI=1S/C18H15Cl2N5O3S/c1-28-14-7-6-12(20)8-13(14)16-21-18(25-23-16)29-9-15(26)22-24-17(27)10-2-4-11(19)5-3-10/h2-8H,9H2,1H3,(H,22,26)(H,24,27)(H,21,23,25). The third-order valence-corrected chi connectivity index (χ3v) is 4.97. The third-order valence-electron chi connectivity index (χ3n) is 3.64. The highest BCUT2D eigenvalue weighted by Gasteiger charge is 2.14. The van der Waals surface area contributed by atoms with Gasteiger partial charge in [-0.25, -0.2) is 4.98 Å².